The van der Waals surface area contributed by atoms with Gasteiger partial charge in [0.15, 0.2) is 0 Å². The van der Waals surface area contributed by atoms with E-state index in [1.54, 1.807) is 14.2 Å². The molecule has 0 atom stereocenters. The Hall–Kier alpha value is -2.35. The average Bonchev–Trinajstić information content (AvgIpc) is 2.50. The number of H-pyrrole nitrogens is 1. The first-order valence-corrected chi connectivity index (χ1v) is 7.56. The number of carbonyl (C=O) groups is 1. The third-order valence-electron chi connectivity index (χ3n) is 3.28. The standard InChI is InChI=1S/C15H16BrN3O4/c1-18(8-10-7-11(16)3-4-12(10)23-2)14(21)9-19-6-5-13(20)17-15(19)22/h3-7H,8-9H2,1-2H3,(H,17,20,22). The highest BCUT2D eigenvalue weighted by molar-refractivity contribution is 9.10. The van der Waals surface area contributed by atoms with Crippen LogP contribution in [0.2, 0.25) is 0 Å². The van der Waals surface area contributed by atoms with E-state index in [4.69, 9.17) is 4.74 Å². The number of benzene rings is 1. The van der Waals surface area contributed by atoms with E-state index in [2.05, 4.69) is 20.9 Å². The van der Waals surface area contributed by atoms with Crippen molar-refractivity contribution in [3.63, 3.8) is 0 Å². The minimum absolute atomic E-state index is 0.150. The smallest absolute Gasteiger partial charge is 0.328 e. The Morgan fingerprint density at radius 2 is 2.09 bits per heavy atom. The Bertz CT molecular complexity index is 828. The molecule has 0 spiro atoms. The number of nitrogens with one attached hydrogen (secondary N) is 1. The maximum Gasteiger partial charge on any atom is 0.328 e. The van der Waals surface area contributed by atoms with Gasteiger partial charge in [0.05, 0.1) is 7.11 Å². The molecular weight excluding hydrogens is 366 g/mol. The molecule has 2 aromatic rings. The van der Waals surface area contributed by atoms with Crippen LogP contribution in [0.3, 0.4) is 0 Å². The van der Waals surface area contributed by atoms with Crippen LogP contribution in [0.4, 0.5) is 0 Å². The molecule has 1 heterocycles. The fraction of sp³-hybridized carbons (Fsp3) is 0.267. The molecule has 1 aromatic heterocycles. The Balaban J connectivity index is 2.13. The van der Waals surface area contributed by atoms with E-state index < -0.39 is 11.2 Å². The van der Waals surface area contributed by atoms with Gasteiger partial charge in [0.1, 0.15) is 12.3 Å². The molecule has 0 unspecified atom stereocenters. The van der Waals surface area contributed by atoms with Gasteiger partial charge in [-0.1, -0.05) is 15.9 Å². The number of rotatable bonds is 5. The van der Waals surface area contributed by atoms with Gasteiger partial charge in [-0.15, -0.1) is 0 Å². The molecule has 8 heteroatoms. The van der Waals surface area contributed by atoms with Crippen LogP contribution in [-0.2, 0) is 17.9 Å². The highest BCUT2D eigenvalue weighted by atomic mass is 79.9. The summed E-state index contributed by atoms with van der Waals surface area (Å²) in [5, 5.41) is 0. The van der Waals surface area contributed by atoms with Crippen LogP contribution in [0.25, 0.3) is 0 Å². The summed E-state index contributed by atoms with van der Waals surface area (Å²) >= 11 is 3.38. The molecule has 2 rings (SSSR count). The van der Waals surface area contributed by atoms with Gasteiger partial charge in [0.25, 0.3) is 5.56 Å². The van der Waals surface area contributed by atoms with Gasteiger partial charge in [-0.05, 0) is 18.2 Å². The number of amides is 1. The number of ether oxygens (including phenoxy) is 1. The van der Waals surface area contributed by atoms with E-state index in [1.165, 1.54) is 17.2 Å². The summed E-state index contributed by atoms with van der Waals surface area (Å²) in [4.78, 5) is 38.5. The van der Waals surface area contributed by atoms with Gasteiger partial charge in [0, 0.05) is 35.9 Å². The lowest BCUT2D eigenvalue weighted by Crippen LogP contribution is -2.36. The molecule has 1 amide bonds. The summed E-state index contributed by atoms with van der Waals surface area (Å²) in [7, 11) is 3.20. The van der Waals surface area contributed by atoms with E-state index >= 15 is 0 Å². The van der Waals surface area contributed by atoms with Gasteiger partial charge in [-0.25, -0.2) is 4.79 Å². The molecule has 0 aliphatic carbocycles. The number of halogens is 1. The van der Waals surface area contributed by atoms with Crippen LogP contribution in [0.5, 0.6) is 5.75 Å². The van der Waals surface area contributed by atoms with Crippen molar-refractivity contribution >= 4 is 21.8 Å². The predicted molar refractivity (Wildman–Crippen MR) is 88.5 cm³/mol. The molecule has 23 heavy (non-hydrogen) atoms. The zero-order valence-corrected chi connectivity index (χ0v) is 14.3. The van der Waals surface area contributed by atoms with Crippen molar-refractivity contribution in [1.82, 2.24) is 14.5 Å². The summed E-state index contributed by atoms with van der Waals surface area (Å²) in [6.07, 6.45) is 1.30. The van der Waals surface area contributed by atoms with Gasteiger partial charge < -0.3 is 9.64 Å². The summed E-state index contributed by atoms with van der Waals surface area (Å²) in [5.74, 6) is 0.412. The van der Waals surface area contributed by atoms with Crippen LogP contribution < -0.4 is 16.0 Å². The topological polar surface area (TPSA) is 84.4 Å². The molecule has 1 aromatic carbocycles. The van der Waals surface area contributed by atoms with E-state index in [-0.39, 0.29) is 12.5 Å². The highest BCUT2D eigenvalue weighted by Gasteiger charge is 2.13. The number of hydrogen-bond donors (Lipinski definition) is 1. The van der Waals surface area contributed by atoms with Gasteiger partial charge in [-0.2, -0.15) is 0 Å². The number of aromatic nitrogens is 2. The Morgan fingerprint density at radius 1 is 1.35 bits per heavy atom. The van der Waals surface area contributed by atoms with Crippen molar-refractivity contribution in [2.75, 3.05) is 14.2 Å². The van der Waals surface area contributed by atoms with Crippen molar-refractivity contribution in [2.24, 2.45) is 0 Å². The van der Waals surface area contributed by atoms with Gasteiger partial charge in [0.2, 0.25) is 5.91 Å². The van der Waals surface area contributed by atoms with Crippen molar-refractivity contribution in [2.45, 2.75) is 13.1 Å². The maximum atomic E-state index is 12.3. The number of methoxy groups -OCH3 is 1. The first-order valence-electron chi connectivity index (χ1n) is 6.77. The second-order valence-corrected chi connectivity index (χ2v) is 5.86. The lowest BCUT2D eigenvalue weighted by Gasteiger charge is -2.19. The number of likely N-dealkylation sites (N-methyl/N-ethyl adjacent to an activating group) is 1. The first kappa shape index (κ1) is 17.0. The van der Waals surface area contributed by atoms with Crippen molar-refractivity contribution in [1.29, 1.82) is 0 Å². The zero-order chi connectivity index (χ0) is 17.0. The fourth-order valence-corrected chi connectivity index (χ4v) is 2.46. The second kappa shape index (κ2) is 7.28. The van der Waals surface area contributed by atoms with Crippen molar-refractivity contribution < 1.29 is 9.53 Å². The molecule has 0 aliphatic rings. The number of nitrogens with zero attached hydrogens (tertiary/aromatic N) is 2. The lowest BCUT2D eigenvalue weighted by atomic mass is 10.2. The Morgan fingerprint density at radius 3 is 2.74 bits per heavy atom. The van der Waals surface area contributed by atoms with Crippen molar-refractivity contribution in [3.05, 3.63) is 61.3 Å². The highest BCUT2D eigenvalue weighted by Crippen LogP contribution is 2.24. The lowest BCUT2D eigenvalue weighted by molar-refractivity contribution is -0.131. The summed E-state index contributed by atoms with van der Waals surface area (Å²) < 4.78 is 7.31. The van der Waals surface area contributed by atoms with E-state index in [0.29, 0.717) is 12.3 Å². The van der Waals surface area contributed by atoms with Gasteiger partial charge in [-0.3, -0.25) is 19.1 Å². The number of carbonyl (C=O) groups excluding carboxylic acids is 1. The van der Waals surface area contributed by atoms with E-state index in [0.717, 1.165) is 14.6 Å². The Labute approximate surface area is 140 Å². The minimum Gasteiger partial charge on any atom is -0.496 e. The average molecular weight is 382 g/mol. The molecule has 0 bridgehead atoms. The third kappa shape index (κ3) is 4.32. The number of hydrogen-bond acceptors (Lipinski definition) is 4. The first-order chi connectivity index (χ1) is 10.9. The third-order valence-corrected chi connectivity index (χ3v) is 3.77. The quantitative estimate of drug-likeness (QED) is 0.835. The molecule has 0 saturated carbocycles. The molecule has 0 saturated heterocycles. The van der Waals surface area contributed by atoms with Crippen LogP contribution in [0.1, 0.15) is 5.56 Å². The van der Waals surface area contributed by atoms with Gasteiger partial charge >= 0.3 is 5.69 Å². The summed E-state index contributed by atoms with van der Waals surface area (Å²) in [6, 6.07) is 6.73. The zero-order valence-electron chi connectivity index (χ0n) is 12.7. The molecular formula is C15H16BrN3O4. The van der Waals surface area contributed by atoms with Crippen LogP contribution >= 0.6 is 15.9 Å². The SMILES string of the molecule is COc1ccc(Br)cc1CN(C)C(=O)Cn1ccc(=O)[nH]c1=O. The van der Waals surface area contributed by atoms with E-state index in [9.17, 15) is 14.4 Å². The summed E-state index contributed by atoms with van der Waals surface area (Å²) in [5.41, 5.74) is -0.267. The Kier molecular flexibility index (Phi) is 5.38. The van der Waals surface area contributed by atoms with Crippen LogP contribution in [0, 0.1) is 0 Å². The summed E-state index contributed by atoms with van der Waals surface area (Å²) in [6.45, 7) is 0.183. The fourth-order valence-electron chi connectivity index (χ4n) is 2.05. The molecule has 7 nitrogen and oxygen atoms in total. The van der Waals surface area contributed by atoms with Crippen molar-refractivity contribution in [3.8, 4) is 5.75 Å². The second-order valence-electron chi connectivity index (χ2n) is 4.94. The predicted octanol–water partition coefficient (Wildman–Crippen LogP) is 0.966. The van der Waals surface area contributed by atoms with Crippen LogP contribution in [-0.4, -0.2) is 34.5 Å². The van der Waals surface area contributed by atoms with Crippen LogP contribution in [0.15, 0.2) is 44.5 Å². The largest absolute Gasteiger partial charge is 0.496 e. The molecule has 0 radical (unpaired) electrons. The number of aromatic amines is 1. The normalized spacial score (nSPS) is 10.4. The molecule has 0 aliphatic heterocycles. The minimum atomic E-state index is -0.612. The molecule has 1 N–H and O–H groups in total. The maximum absolute atomic E-state index is 12.3. The van der Waals surface area contributed by atoms with E-state index in [1.807, 2.05) is 18.2 Å². The molecule has 122 valence electrons. The monoisotopic (exact) mass is 381 g/mol. The molecule has 0 fully saturated rings.